The van der Waals surface area contributed by atoms with Gasteiger partial charge >= 0.3 is 0 Å². The molecule has 0 fully saturated rings. The molecule has 0 heterocycles. The molecule has 0 aliphatic heterocycles. The van der Waals surface area contributed by atoms with E-state index in [4.69, 9.17) is 23.8 Å². The van der Waals surface area contributed by atoms with Gasteiger partial charge in [-0.05, 0) is 30.4 Å². The van der Waals surface area contributed by atoms with Gasteiger partial charge in [0.1, 0.15) is 6.04 Å². The molecule has 0 aliphatic carbocycles. The van der Waals surface area contributed by atoms with E-state index >= 15 is 0 Å². The molecule has 0 unspecified atom stereocenters. The van der Waals surface area contributed by atoms with Crippen LogP contribution in [0.15, 0.2) is 48.5 Å². The predicted molar refractivity (Wildman–Crippen MR) is 104 cm³/mol. The van der Waals surface area contributed by atoms with Gasteiger partial charge in [-0.1, -0.05) is 29.8 Å². The number of hydrogen-bond acceptors (Lipinski definition) is 3. The third-order valence-electron chi connectivity index (χ3n) is 3.78. The van der Waals surface area contributed by atoms with E-state index in [1.807, 2.05) is 24.3 Å². The Kier molecular flexibility index (Phi) is 6.69. The topological polar surface area (TPSA) is 71.6 Å². The minimum absolute atomic E-state index is 0.0411. The quantitative estimate of drug-likeness (QED) is 0.408. The minimum atomic E-state index is -0.436. The highest BCUT2D eigenvalue weighted by molar-refractivity contribution is 7.80. The number of nitro benzene ring substituents is 1. The summed E-state index contributed by atoms with van der Waals surface area (Å²) in [5.74, 6) is 0. The third kappa shape index (κ3) is 5.38. The minimum Gasteiger partial charge on any atom is -0.356 e. The molecule has 1 atom stereocenters. The number of quaternary nitrogens is 1. The lowest BCUT2D eigenvalue weighted by atomic mass is 10.1. The molecule has 25 heavy (non-hydrogen) atoms. The van der Waals surface area contributed by atoms with Crippen LogP contribution in [0.3, 0.4) is 0 Å². The first kappa shape index (κ1) is 19.1. The predicted octanol–water partition coefficient (Wildman–Crippen LogP) is 2.42. The smallest absolute Gasteiger partial charge is 0.269 e. The van der Waals surface area contributed by atoms with Gasteiger partial charge in [0.15, 0.2) is 5.11 Å². The lowest BCUT2D eigenvalue weighted by Gasteiger charge is -2.23. The second kappa shape index (κ2) is 8.75. The number of benzene rings is 2. The summed E-state index contributed by atoms with van der Waals surface area (Å²) in [6, 6.07) is 14.0. The van der Waals surface area contributed by atoms with Gasteiger partial charge in [0.2, 0.25) is 0 Å². The molecule has 0 saturated carbocycles. The summed E-state index contributed by atoms with van der Waals surface area (Å²) in [6.07, 6.45) is 0. The van der Waals surface area contributed by atoms with Crippen molar-refractivity contribution in [2.45, 2.75) is 6.04 Å². The molecule has 132 valence electrons. The van der Waals surface area contributed by atoms with Crippen molar-refractivity contribution >= 4 is 40.3 Å². The molecule has 0 saturated heterocycles. The zero-order valence-electron chi connectivity index (χ0n) is 14.0. The van der Waals surface area contributed by atoms with Crippen LogP contribution >= 0.6 is 23.8 Å². The summed E-state index contributed by atoms with van der Waals surface area (Å²) in [4.78, 5) is 11.5. The van der Waals surface area contributed by atoms with Crippen LogP contribution in [0.1, 0.15) is 11.6 Å². The second-order valence-electron chi connectivity index (χ2n) is 5.79. The van der Waals surface area contributed by atoms with E-state index in [2.05, 4.69) is 24.7 Å². The number of likely N-dealkylation sites (N-methyl/N-ethyl adjacent to an activating group) is 1. The SMILES string of the molecule is C[NH+](C)[C@H](CNC(=S)Nc1ccc([N+](=O)[O-])cc1)c1ccccc1Cl. The fraction of sp³-hybridized carbons (Fsp3) is 0.235. The average molecular weight is 380 g/mol. The van der Waals surface area contributed by atoms with Crippen molar-refractivity contribution in [2.24, 2.45) is 0 Å². The normalized spacial score (nSPS) is 11.8. The first-order valence-corrected chi connectivity index (χ1v) is 8.51. The van der Waals surface area contributed by atoms with Gasteiger partial charge in [-0.3, -0.25) is 10.1 Å². The molecule has 0 spiro atoms. The number of thiocarbonyl (C=S) groups is 1. The molecule has 3 N–H and O–H groups in total. The van der Waals surface area contributed by atoms with Crippen molar-refractivity contribution in [2.75, 3.05) is 26.0 Å². The van der Waals surface area contributed by atoms with Crippen LogP contribution in [0.5, 0.6) is 0 Å². The maximum atomic E-state index is 10.7. The largest absolute Gasteiger partial charge is 0.356 e. The molecule has 8 heteroatoms. The molecule has 0 amide bonds. The summed E-state index contributed by atoms with van der Waals surface area (Å²) in [5.41, 5.74) is 1.78. The van der Waals surface area contributed by atoms with E-state index in [0.29, 0.717) is 17.3 Å². The molecule has 6 nitrogen and oxygen atoms in total. The number of nitrogens with zero attached hydrogens (tertiary/aromatic N) is 1. The van der Waals surface area contributed by atoms with E-state index in [1.165, 1.54) is 17.0 Å². The molecule has 2 aromatic carbocycles. The van der Waals surface area contributed by atoms with E-state index in [1.54, 1.807) is 12.1 Å². The maximum Gasteiger partial charge on any atom is 0.269 e. The summed E-state index contributed by atoms with van der Waals surface area (Å²) >= 11 is 11.6. The Labute approximate surface area is 156 Å². The molecule has 0 aromatic heterocycles. The zero-order valence-corrected chi connectivity index (χ0v) is 15.5. The number of hydrogen-bond donors (Lipinski definition) is 3. The van der Waals surface area contributed by atoms with Crippen LogP contribution in [0.25, 0.3) is 0 Å². The van der Waals surface area contributed by atoms with Gasteiger partial charge in [-0.25, -0.2) is 0 Å². The molecule has 0 bridgehead atoms. The highest BCUT2D eigenvalue weighted by Gasteiger charge is 2.20. The number of anilines is 1. The molecule has 2 aromatic rings. The van der Waals surface area contributed by atoms with E-state index < -0.39 is 4.92 Å². The van der Waals surface area contributed by atoms with Gasteiger partial charge in [-0.15, -0.1) is 0 Å². The van der Waals surface area contributed by atoms with Crippen LogP contribution in [0.4, 0.5) is 11.4 Å². The fourth-order valence-corrected chi connectivity index (χ4v) is 2.89. The molecule has 2 rings (SSSR count). The Hall–Kier alpha value is -2.22. The van der Waals surface area contributed by atoms with Crippen molar-refractivity contribution in [3.63, 3.8) is 0 Å². The number of non-ortho nitro benzene ring substituents is 1. The van der Waals surface area contributed by atoms with E-state index in [9.17, 15) is 10.1 Å². The van der Waals surface area contributed by atoms with Gasteiger partial charge in [0.25, 0.3) is 5.69 Å². The number of rotatable bonds is 6. The number of nitro groups is 1. The van der Waals surface area contributed by atoms with Crippen molar-refractivity contribution in [3.8, 4) is 0 Å². The van der Waals surface area contributed by atoms with Gasteiger partial charge < -0.3 is 15.5 Å². The van der Waals surface area contributed by atoms with Crippen molar-refractivity contribution < 1.29 is 9.82 Å². The number of nitrogens with one attached hydrogen (secondary N) is 3. The number of halogens is 1. The highest BCUT2D eigenvalue weighted by atomic mass is 35.5. The Balaban J connectivity index is 1.97. The van der Waals surface area contributed by atoms with Crippen LogP contribution in [0.2, 0.25) is 5.02 Å². The lowest BCUT2D eigenvalue weighted by molar-refractivity contribution is -0.890. The van der Waals surface area contributed by atoms with Gasteiger partial charge in [0.05, 0.1) is 25.6 Å². The van der Waals surface area contributed by atoms with Crippen LogP contribution < -0.4 is 15.5 Å². The van der Waals surface area contributed by atoms with Crippen LogP contribution in [-0.2, 0) is 0 Å². The average Bonchev–Trinajstić information content (AvgIpc) is 2.56. The van der Waals surface area contributed by atoms with Crippen molar-refractivity contribution in [1.82, 2.24) is 5.32 Å². The molecular formula is C17H20ClN4O2S+. The molecule has 0 radical (unpaired) electrons. The highest BCUT2D eigenvalue weighted by Crippen LogP contribution is 2.20. The first-order valence-electron chi connectivity index (χ1n) is 7.72. The lowest BCUT2D eigenvalue weighted by Crippen LogP contribution is -3.07. The Morgan fingerprint density at radius 1 is 1.24 bits per heavy atom. The van der Waals surface area contributed by atoms with Gasteiger partial charge in [0, 0.05) is 28.4 Å². The molecule has 0 aliphatic rings. The van der Waals surface area contributed by atoms with Gasteiger partial charge in [-0.2, -0.15) is 0 Å². The summed E-state index contributed by atoms with van der Waals surface area (Å²) in [5, 5.41) is 18.1. The standard InChI is InChI=1S/C17H19ClN4O2S/c1-21(2)16(14-5-3-4-6-15(14)18)11-19-17(25)20-12-7-9-13(10-8-12)22(23)24/h3-10,16H,11H2,1-2H3,(H2,19,20,25)/p+1/t16-/m1/s1. The summed E-state index contributed by atoms with van der Waals surface area (Å²) in [7, 11) is 4.12. The Morgan fingerprint density at radius 3 is 2.44 bits per heavy atom. The van der Waals surface area contributed by atoms with Crippen molar-refractivity contribution in [3.05, 3.63) is 69.2 Å². The Morgan fingerprint density at radius 2 is 1.88 bits per heavy atom. The van der Waals surface area contributed by atoms with Crippen LogP contribution in [-0.4, -0.2) is 30.7 Å². The zero-order chi connectivity index (χ0) is 18.4. The van der Waals surface area contributed by atoms with Crippen molar-refractivity contribution in [1.29, 1.82) is 0 Å². The van der Waals surface area contributed by atoms with E-state index in [0.717, 1.165) is 10.6 Å². The molecular weight excluding hydrogens is 360 g/mol. The fourth-order valence-electron chi connectivity index (χ4n) is 2.42. The first-order chi connectivity index (χ1) is 11.9. The summed E-state index contributed by atoms with van der Waals surface area (Å²) in [6.45, 7) is 0.602. The summed E-state index contributed by atoms with van der Waals surface area (Å²) < 4.78 is 0. The van der Waals surface area contributed by atoms with Crippen LogP contribution in [0, 0.1) is 10.1 Å². The van der Waals surface area contributed by atoms with E-state index in [-0.39, 0.29) is 11.7 Å². The maximum absolute atomic E-state index is 10.7. The second-order valence-corrected chi connectivity index (χ2v) is 6.61. The monoisotopic (exact) mass is 379 g/mol. The Bertz CT molecular complexity index is 753. The third-order valence-corrected chi connectivity index (χ3v) is 4.37.